The summed E-state index contributed by atoms with van der Waals surface area (Å²) >= 11 is 1.24. The third-order valence-electron chi connectivity index (χ3n) is 6.79. The molecule has 0 saturated heterocycles. The number of carbonyl (C=O) groups excluding carboxylic acids is 1. The van der Waals surface area contributed by atoms with Crippen LogP contribution in [0.1, 0.15) is 29.7 Å². The molecular formula is C31H26N2O7S. The van der Waals surface area contributed by atoms with Gasteiger partial charge in [-0.3, -0.25) is 9.36 Å². The molecule has 0 saturated carbocycles. The number of rotatable bonds is 7. The summed E-state index contributed by atoms with van der Waals surface area (Å²) in [6, 6.07) is 19.4. The third-order valence-corrected chi connectivity index (χ3v) is 7.77. The second-order valence-electron chi connectivity index (χ2n) is 9.16. The number of hydrogen-bond acceptors (Lipinski definition) is 9. The first-order chi connectivity index (χ1) is 20.0. The van der Waals surface area contributed by atoms with Gasteiger partial charge in [-0.2, -0.15) is 0 Å². The molecule has 0 aliphatic carbocycles. The third kappa shape index (κ3) is 4.76. The predicted molar refractivity (Wildman–Crippen MR) is 153 cm³/mol. The summed E-state index contributed by atoms with van der Waals surface area (Å²) in [5, 5.41) is 0. The Labute approximate surface area is 239 Å². The van der Waals surface area contributed by atoms with Gasteiger partial charge in [0.1, 0.15) is 0 Å². The van der Waals surface area contributed by atoms with Gasteiger partial charge in [-0.15, -0.1) is 0 Å². The van der Waals surface area contributed by atoms with Crippen LogP contribution >= 0.6 is 11.3 Å². The van der Waals surface area contributed by atoms with Crippen molar-refractivity contribution in [2.75, 3.05) is 27.6 Å². The fourth-order valence-corrected chi connectivity index (χ4v) is 5.93. The van der Waals surface area contributed by atoms with Crippen LogP contribution in [-0.4, -0.2) is 38.2 Å². The minimum Gasteiger partial charge on any atom is -0.493 e. The Kier molecular flexibility index (Phi) is 7.07. The molecule has 0 unspecified atom stereocenters. The van der Waals surface area contributed by atoms with Crippen molar-refractivity contribution in [3.63, 3.8) is 0 Å². The molecule has 0 amide bonds. The van der Waals surface area contributed by atoms with Crippen LogP contribution < -0.4 is 33.8 Å². The predicted octanol–water partition coefficient (Wildman–Crippen LogP) is 3.68. The van der Waals surface area contributed by atoms with E-state index in [0.29, 0.717) is 43.6 Å². The van der Waals surface area contributed by atoms with Crippen molar-refractivity contribution < 1.29 is 28.5 Å². The van der Waals surface area contributed by atoms with Crippen molar-refractivity contribution in [3.05, 3.63) is 109 Å². The van der Waals surface area contributed by atoms with Gasteiger partial charge < -0.3 is 23.7 Å². The average molecular weight is 571 g/mol. The Morgan fingerprint density at radius 3 is 2.56 bits per heavy atom. The van der Waals surface area contributed by atoms with Crippen molar-refractivity contribution in [2.24, 2.45) is 4.99 Å². The van der Waals surface area contributed by atoms with E-state index in [2.05, 4.69) is 0 Å². The maximum absolute atomic E-state index is 14.1. The average Bonchev–Trinajstić information content (AvgIpc) is 3.60. The van der Waals surface area contributed by atoms with E-state index >= 15 is 0 Å². The summed E-state index contributed by atoms with van der Waals surface area (Å²) < 4.78 is 29.5. The number of esters is 1. The fourth-order valence-electron chi connectivity index (χ4n) is 4.93. The normalized spacial score (nSPS) is 15.8. The molecule has 2 aliphatic heterocycles. The van der Waals surface area contributed by atoms with E-state index < -0.39 is 12.0 Å². The molecule has 0 N–H and O–H groups in total. The topological polar surface area (TPSA) is 97.6 Å². The van der Waals surface area contributed by atoms with E-state index in [0.717, 1.165) is 11.1 Å². The van der Waals surface area contributed by atoms with Gasteiger partial charge in [-0.1, -0.05) is 53.8 Å². The maximum atomic E-state index is 14.1. The number of thiazole rings is 1. The number of aromatic nitrogens is 1. The van der Waals surface area contributed by atoms with E-state index in [1.54, 1.807) is 56.1 Å². The second-order valence-corrected chi connectivity index (χ2v) is 10.2. The lowest BCUT2D eigenvalue weighted by Gasteiger charge is -2.26. The van der Waals surface area contributed by atoms with Gasteiger partial charge in [0.2, 0.25) is 6.79 Å². The summed E-state index contributed by atoms with van der Waals surface area (Å²) in [4.78, 5) is 33.0. The van der Waals surface area contributed by atoms with Crippen LogP contribution in [0.2, 0.25) is 0 Å². The van der Waals surface area contributed by atoms with Crippen molar-refractivity contribution >= 4 is 29.1 Å². The quantitative estimate of drug-likeness (QED) is 0.313. The molecule has 10 heteroatoms. The molecule has 0 radical (unpaired) electrons. The van der Waals surface area contributed by atoms with E-state index in [1.165, 1.54) is 11.3 Å². The smallest absolute Gasteiger partial charge is 0.338 e. The zero-order chi connectivity index (χ0) is 28.5. The highest BCUT2D eigenvalue weighted by molar-refractivity contribution is 7.07. The number of nitrogens with zero attached hydrogens (tertiary/aromatic N) is 2. The van der Waals surface area contributed by atoms with Crippen molar-refractivity contribution in [2.45, 2.75) is 13.0 Å². The summed E-state index contributed by atoms with van der Waals surface area (Å²) in [5.74, 6) is 1.71. The fraction of sp³-hybridized carbons (Fsp3) is 0.194. The van der Waals surface area contributed by atoms with Crippen LogP contribution in [0.4, 0.5) is 0 Å². The van der Waals surface area contributed by atoms with Crippen LogP contribution in [-0.2, 0) is 9.53 Å². The minimum atomic E-state index is -0.817. The highest BCUT2D eigenvalue weighted by Crippen LogP contribution is 2.40. The minimum absolute atomic E-state index is 0.0999. The van der Waals surface area contributed by atoms with Crippen molar-refractivity contribution in [1.29, 1.82) is 0 Å². The van der Waals surface area contributed by atoms with E-state index in [9.17, 15) is 9.59 Å². The largest absolute Gasteiger partial charge is 0.493 e. The Morgan fingerprint density at radius 1 is 1.02 bits per heavy atom. The van der Waals surface area contributed by atoms with Gasteiger partial charge in [-0.05, 0) is 48.4 Å². The van der Waals surface area contributed by atoms with Crippen LogP contribution in [0, 0.1) is 0 Å². The molecule has 3 aromatic carbocycles. The number of carbonyl (C=O) groups is 1. The summed E-state index contributed by atoms with van der Waals surface area (Å²) in [7, 11) is 3.13. The van der Waals surface area contributed by atoms with Gasteiger partial charge in [-0.25, -0.2) is 9.79 Å². The standard InChI is InChI=1S/C31H26N2O7S/c1-4-38-30(35)26-27(19-8-6-5-7-9-19)32-31-33(28(26)20-11-13-22-24(16-20)40-17-39-22)29(34)25(41-31)15-18-10-12-21(36-2)23(14-18)37-3/h5-16,28H,4,17H2,1-3H3/t28-/m1/s1. The zero-order valence-corrected chi connectivity index (χ0v) is 23.4. The Bertz CT molecular complexity index is 1860. The van der Waals surface area contributed by atoms with Gasteiger partial charge >= 0.3 is 5.97 Å². The first-order valence-corrected chi connectivity index (χ1v) is 13.7. The van der Waals surface area contributed by atoms with Crippen LogP contribution in [0.15, 0.2) is 82.1 Å². The molecule has 1 atom stereocenters. The number of fused-ring (bicyclic) bond motifs is 2. The number of benzene rings is 3. The Hall–Kier alpha value is -4.83. The highest BCUT2D eigenvalue weighted by Gasteiger charge is 2.36. The van der Waals surface area contributed by atoms with Crippen molar-refractivity contribution in [3.8, 4) is 23.0 Å². The molecule has 0 spiro atoms. The second kappa shape index (κ2) is 11.0. The Morgan fingerprint density at radius 2 is 1.80 bits per heavy atom. The molecular weight excluding hydrogens is 544 g/mol. The molecule has 208 valence electrons. The van der Waals surface area contributed by atoms with Gasteiger partial charge in [0.25, 0.3) is 5.56 Å². The molecule has 41 heavy (non-hydrogen) atoms. The Balaban J connectivity index is 1.62. The van der Waals surface area contributed by atoms with E-state index in [-0.39, 0.29) is 24.5 Å². The molecule has 2 aliphatic rings. The summed E-state index contributed by atoms with van der Waals surface area (Å²) in [6.45, 7) is 2.01. The molecule has 1 aromatic heterocycles. The SMILES string of the molecule is CCOC(=O)C1=C(c2ccccc2)N=c2sc(=Cc3ccc(OC)c(OC)c3)c(=O)n2[C@@H]1c1ccc2c(c1)OCO2. The highest BCUT2D eigenvalue weighted by atomic mass is 32.1. The lowest BCUT2D eigenvalue weighted by Crippen LogP contribution is -2.40. The van der Waals surface area contributed by atoms with Crippen LogP contribution in [0.3, 0.4) is 0 Å². The maximum Gasteiger partial charge on any atom is 0.338 e. The lowest BCUT2D eigenvalue weighted by atomic mass is 9.93. The number of ether oxygens (including phenoxy) is 5. The summed E-state index contributed by atoms with van der Waals surface area (Å²) in [5.41, 5.74) is 2.58. The molecule has 6 rings (SSSR count). The zero-order valence-electron chi connectivity index (χ0n) is 22.6. The monoisotopic (exact) mass is 570 g/mol. The van der Waals surface area contributed by atoms with Gasteiger partial charge in [0.05, 0.1) is 42.7 Å². The van der Waals surface area contributed by atoms with Crippen LogP contribution in [0.25, 0.3) is 11.8 Å². The molecule has 9 nitrogen and oxygen atoms in total. The van der Waals surface area contributed by atoms with Crippen LogP contribution in [0.5, 0.6) is 23.0 Å². The first-order valence-electron chi connectivity index (χ1n) is 12.9. The molecule has 0 bridgehead atoms. The molecule has 0 fully saturated rings. The summed E-state index contributed by atoms with van der Waals surface area (Å²) in [6.07, 6.45) is 1.78. The van der Waals surface area contributed by atoms with Gasteiger partial charge in [0, 0.05) is 5.56 Å². The first kappa shape index (κ1) is 26.4. The molecule has 3 heterocycles. The van der Waals surface area contributed by atoms with Crippen molar-refractivity contribution in [1.82, 2.24) is 4.57 Å². The lowest BCUT2D eigenvalue weighted by molar-refractivity contribution is -0.138. The van der Waals surface area contributed by atoms with E-state index in [4.69, 9.17) is 28.7 Å². The molecule has 4 aromatic rings. The number of methoxy groups -OCH3 is 2. The van der Waals surface area contributed by atoms with Gasteiger partial charge in [0.15, 0.2) is 27.8 Å². The number of hydrogen-bond donors (Lipinski definition) is 0. The van der Waals surface area contributed by atoms with E-state index in [1.807, 2.05) is 42.5 Å².